The highest BCUT2D eigenvalue weighted by molar-refractivity contribution is 7.25. The number of carbonyl (C=O) groups is 1. The van der Waals surface area contributed by atoms with Gasteiger partial charge in [-0.05, 0) is 35.7 Å². The van der Waals surface area contributed by atoms with Crippen LogP contribution in [0.2, 0.25) is 0 Å². The van der Waals surface area contributed by atoms with Gasteiger partial charge in [-0.15, -0.1) is 11.3 Å². The van der Waals surface area contributed by atoms with Crippen LogP contribution in [-0.4, -0.2) is 11.1 Å². The quantitative estimate of drug-likeness (QED) is 0.772. The normalized spacial score (nSPS) is 11.2. The minimum Gasteiger partial charge on any atom is -0.481 e. The van der Waals surface area contributed by atoms with Gasteiger partial charge in [0.15, 0.2) is 0 Å². The zero-order valence-electron chi connectivity index (χ0n) is 10.6. The highest BCUT2D eigenvalue weighted by Crippen LogP contribution is 2.35. The van der Waals surface area contributed by atoms with Crippen molar-refractivity contribution in [3.8, 4) is 0 Å². The van der Waals surface area contributed by atoms with Crippen LogP contribution in [0.1, 0.15) is 18.1 Å². The Morgan fingerprint density at radius 2 is 1.84 bits per heavy atom. The maximum Gasteiger partial charge on any atom is 0.307 e. The molecule has 0 fully saturated rings. The Balaban J connectivity index is 2.19. The Morgan fingerprint density at radius 3 is 2.58 bits per heavy atom. The number of aryl methyl sites for hydroxylation is 1. The molecule has 0 atom stereocenters. The number of hydrogen-bond donors (Lipinski definition) is 1. The molecule has 0 radical (unpaired) electrons. The maximum atomic E-state index is 10.8. The number of thiophene rings is 1. The molecule has 96 valence electrons. The average Bonchev–Trinajstić information content (AvgIpc) is 2.74. The lowest BCUT2D eigenvalue weighted by Gasteiger charge is -1.98. The van der Waals surface area contributed by atoms with Gasteiger partial charge in [0.05, 0.1) is 6.42 Å². The number of carboxylic acids is 1. The van der Waals surface area contributed by atoms with Crippen LogP contribution in [-0.2, 0) is 17.6 Å². The van der Waals surface area contributed by atoms with Crippen molar-refractivity contribution in [3.63, 3.8) is 0 Å². The van der Waals surface area contributed by atoms with Gasteiger partial charge in [0.2, 0.25) is 0 Å². The molecule has 1 heterocycles. The predicted molar refractivity (Wildman–Crippen MR) is 80.0 cm³/mol. The van der Waals surface area contributed by atoms with Gasteiger partial charge in [0.25, 0.3) is 0 Å². The van der Waals surface area contributed by atoms with Crippen LogP contribution in [0.25, 0.3) is 20.2 Å². The molecule has 1 aromatic heterocycles. The van der Waals surface area contributed by atoms with E-state index in [1.165, 1.54) is 25.7 Å². The molecule has 2 aromatic carbocycles. The van der Waals surface area contributed by atoms with E-state index in [0.717, 1.165) is 12.0 Å². The van der Waals surface area contributed by atoms with Gasteiger partial charge in [0, 0.05) is 20.2 Å². The Hall–Kier alpha value is -1.87. The van der Waals surface area contributed by atoms with Crippen LogP contribution in [0.5, 0.6) is 0 Å². The lowest BCUT2D eigenvalue weighted by atomic mass is 10.1. The molecule has 0 bridgehead atoms. The smallest absolute Gasteiger partial charge is 0.307 e. The summed E-state index contributed by atoms with van der Waals surface area (Å²) in [6, 6.07) is 12.5. The number of rotatable bonds is 3. The van der Waals surface area contributed by atoms with E-state index in [1.54, 1.807) is 11.3 Å². The fourth-order valence-corrected chi connectivity index (χ4v) is 3.52. The molecular formula is C16H14O2S. The van der Waals surface area contributed by atoms with Crippen LogP contribution < -0.4 is 0 Å². The van der Waals surface area contributed by atoms with Crippen LogP contribution in [0, 0.1) is 0 Å². The van der Waals surface area contributed by atoms with Crippen molar-refractivity contribution in [1.29, 1.82) is 0 Å². The van der Waals surface area contributed by atoms with E-state index in [4.69, 9.17) is 5.11 Å². The molecule has 1 N–H and O–H groups in total. The first-order chi connectivity index (χ1) is 9.17. The molecule has 19 heavy (non-hydrogen) atoms. The van der Waals surface area contributed by atoms with Gasteiger partial charge >= 0.3 is 5.97 Å². The summed E-state index contributed by atoms with van der Waals surface area (Å²) in [5.41, 5.74) is 2.20. The molecular weight excluding hydrogens is 256 g/mol. The highest BCUT2D eigenvalue weighted by atomic mass is 32.1. The third-order valence-corrected chi connectivity index (χ3v) is 4.50. The molecule has 3 rings (SSSR count). The fraction of sp³-hybridized carbons (Fsp3) is 0.188. The first-order valence-corrected chi connectivity index (χ1v) is 7.15. The van der Waals surface area contributed by atoms with Gasteiger partial charge in [-0.25, -0.2) is 0 Å². The van der Waals surface area contributed by atoms with Crippen molar-refractivity contribution in [3.05, 3.63) is 47.5 Å². The van der Waals surface area contributed by atoms with E-state index in [-0.39, 0.29) is 6.42 Å². The van der Waals surface area contributed by atoms with E-state index in [9.17, 15) is 4.79 Å². The number of fused-ring (bicyclic) bond motifs is 3. The summed E-state index contributed by atoms with van der Waals surface area (Å²) in [6.45, 7) is 2.15. The van der Waals surface area contributed by atoms with E-state index in [1.807, 2.05) is 18.2 Å². The first kappa shape index (κ1) is 12.2. The van der Waals surface area contributed by atoms with Crippen molar-refractivity contribution in [2.24, 2.45) is 0 Å². The van der Waals surface area contributed by atoms with Crippen molar-refractivity contribution < 1.29 is 9.90 Å². The third kappa shape index (κ3) is 2.22. The fourth-order valence-electron chi connectivity index (χ4n) is 2.37. The zero-order valence-corrected chi connectivity index (χ0v) is 11.5. The Kier molecular flexibility index (Phi) is 2.99. The summed E-state index contributed by atoms with van der Waals surface area (Å²) in [4.78, 5) is 10.8. The molecule has 0 saturated carbocycles. The summed E-state index contributed by atoms with van der Waals surface area (Å²) >= 11 is 1.73. The molecule has 0 aliphatic heterocycles. The van der Waals surface area contributed by atoms with Gasteiger partial charge in [0.1, 0.15) is 0 Å². The molecule has 0 unspecified atom stereocenters. The van der Waals surface area contributed by atoms with Gasteiger partial charge < -0.3 is 5.11 Å². The molecule has 3 heteroatoms. The molecule has 0 aliphatic rings. The van der Waals surface area contributed by atoms with E-state index in [0.29, 0.717) is 0 Å². The molecule has 0 amide bonds. The second kappa shape index (κ2) is 4.67. The van der Waals surface area contributed by atoms with Crippen molar-refractivity contribution in [2.75, 3.05) is 0 Å². The molecule has 0 saturated heterocycles. The monoisotopic (exact) mass is 270 g/mol. The van der Waals surface area contributed by atoms with Crippen LogP contribution in [0.4, 0.5) is 0 Å². The number of carboxylic acid groups (broad SMARTS) is 1. The Bertz CT molecular complexity index is 771. The van der Waals surface area contributed by atoms with Crippen LogP contribution >= 0.6 is 11.3 Å². The number of aliphatic carboxylic acids is 1. The largest absolute Gasteiger partial charge is 0.481 e. The lowest BCUT2D eigenvalue weighted by Crippen LogP contribution is -1.99. The van der Waals surface area contributed by atoms with Gasteiger partial charge in [-0.3, -0.25) is 4.79 Å². The average molecular weight is 270 g/mol. The zero-order chi connectivity index (χ0) is 13.4. The number of hydrogen-bond acceptors (Lipinski definition) is 2. The molecule has 0 aliphatic carbocycles. The summed E-state index contributed by atoms with van der Waals surface area (Å²) < 4.78 is 2.43. The van der Waals surface area contributed by atoms with Crippen LogP contribution in [0.3, 0.4) is 0 Å². The minimum atomic E-state index is -0.784. The molecule has 2 nitrogen and oxygen atoms in total. The van der Waals surface area contributed by atoms with Gasteiger partial charge in [-0.2, -0.15) is 0 Å². The van der Waals surface area contributed by atoms with Crippen molar-refractivity contribution >= 4 is 37.5 Å². The Morgan fingerprint density at radius 1 is 1.05 bits per heavy atom. The second-order valence-corrected chi connectivity index (χ2v) is 5.77. The maximum absolute atomic E-state index is 10.8. The van der Waals surface area contributed by atoms with Gasteiger partial charge in [-0.1, -0.05) is 25.1 Å². The standard InChI is InChI=1S/C16H14O2S/c1-2-10-4-6-14-13(7-10)12-5-3-11(9-16(17)18)8-15(12)19-14/h3-8H,2,9H2,1H3,(H,17,18). The topological polar surface area (TPSA) is 37.3 Å². The summed E-state index contributed by atoms with van der Waals surface area (Å²) in [5.74, 6) is -0.784. The van der Waals surface area contributed by atoms with Crippen LogP contribution in [0.15, 0.2) is 36.4 Å². The molecule has 0 spiro atoms. The SMILES string of the molecule is CCc1ccc2sc3cc(CC(=O)O)ccc3c2c1. The summed E-state index contributed by atoms with van der Waals surface area (Å²) in [5, 5.41) is 11.4. The second-order valence-electron chi connectivity index (χ2n) is 4.69. The minimum absolute atomic E-state index is 0.0877. The third-order valence-electron chi connectivity index (χ3n) is 3.36. The summed E-state index contributed by atoms with van der Waals surface area (Å²) in [6.07, 6.45) is 1.12. The van der Waals surface area contributed by atoms with E-state index < -0.39 is 5.97 Å². The van der Waals surface area contributed by atoms with Crippen molar-refractivity contribution in [2.45, 2.75) is 19.8 Å². The predicted octanol–water partition coefficient (Wildman–Crippen LogP) is 4.24. The first-order valence-electron chi connectivity index (χ1n) is 6.33. The lowest BCUT2D eigenvalue weighted by molar-refractivity contribution is -0.136. The molecule has 3 aromatic rings. The van der Waals surface area contributed by atoms with E-state index in [2.05, 4.69) is 25.1 Å². The van der Waals surface area contributed by atoms with E-state index >= 15 is 0 Å². The highest BCUT2D eigenvalue weighted by Gasteiger charge is 2.08. The number of benzene rings is 2. The van der Waals surface area contributed by atoms with Crippen molar-refractivity contribution in [1.82, 2.24) is 0 Å². The Labute approximate surface area is 115 Å². The summed E-state index contributed by atoms with van der Waals surface area (Å²) in [7, 11) is 0.